The summed E-state index contributed by atoms with van der Waals surface area (Å²) in [6.45, 7) is 0. The van der Waals surface area contributed by atoms with Gasteiger partial charge in [0.05, 0.1) is 18.7 Å². The number of rotatable bonds is 1. The Labute approximate surface area is 86.5 Å². The number of benzene rings is 2. The number of methoxy groups -OCH3 is 1. The zero-order valence-corrected chi connectivity index (χ0v) is 8.12. The van der Waals surface area contributed by atoms with Gasteiger partial charge in [0, 0.05) is 10.8 Å². The third kappa shape index (κ3) is 1.50. The van der Waals surface area contributed by atoms with Crippen molar-refractivity contribution in [3.05, 3.63) is 41.7 Å². The van der Waals surface area contributed by atoms with Crippen LogP contribution in [0, 0.1) is 17.1 Å². The monoisotopic (exact) mass is 201 g/mol. The van der Waals surface area contributed by atoms with Crippen LogP contribution in [-0.4, -0.2) is 7.11 Å². The molecule has 0 aromatic heterocycles. The first kappa shape index (κ1) is 9.47. The highest BCUT2D eigenvalue weighted by molar-refractivity contribution is 5.89. The summed E-state index contributed by atoms with van der Waals surface area (Å²) in [7, 11) is 1.53. The number of fused-ring (bicyclic) bond motifs is 1. The van der Waals surface area contributed by atoms with Crippen LogP contribution in [0.2, 0.25) is 0 Å². The minimum Gasteiger partial charge on any atom is -0.496 e. The molecule has 0 fully saturated rings. The molecular formula is C12H8FNO. The average molecular weight is 201 g/mol. The zero-order chi connectivity index (χ0) is 10.8. The standard InChI is InChI=1S/C12H8FNO/c1-15-12-5-4-11(13)10-6-8(7-14)2-3-9(10)12/h2-6H,1H3. The van der Waals surface area contributed by atoms with E-state index in [9.17, 15) is 4.39 Å². The van der Waals surface area contributed by atoms with Crippen LogP contribution in [0.5, 0.6) is 5.75 Å². The lowest BCUT2D eigenvalue weighted by Crippen LogP contribution is -1.88. The Hall–Kier alpha value is -2.08. The minimum absolute atomic E-state index is 0.345. The van der Waals surface area contributed by atoms with E-state index in [1.54, 1.807) is 18.2 Å². The molecule has 2 nitrogen and oxygen atoms in total. The van der Waals surface area contributed by atoms with E-state index in [1.807, 2.05) is 6.07 Å². The van der Waals surface area contributed by atoms with Crippen LogP contribution < -0.4 is 4.74 Å². The normalized spacial score (nSPS) is 9.93. The van der Waals surface area contributed by atoms with Crippen molar-refractivity contribution >= 4 is 10.8 Å². The second kappa shape index (κ2) is 3.58. The Balaban J connectivity index is 2.83. The number of hydrogen-bond donors (Lipinski definition) is 0. The van der Waals surface area contributed by atoms with Crippen molar-refractivity contribution in [3.8, 4) is 11.8 Å². The molecule has 2 aromatic carbocycles. The van der Waals surface area contributed by atoms with Crippen LogP contribution in [0.1, 0.15) is 5.56 Å². The summed E-state index contributed by atoms with van der Waals surface area (Å²) >= 11 is 0. The van der Waals surface area contributed by atoms with Crippen molar-refractivity contribution < 1.29 is 9.13 Å². The van der Waals surface area contributed by atoms with Gasteiger partial charge < -0.3 is 4.74 Å². The average Bonchev–Trinajstić information content (AvgIpc) is 2.29. The molecule has 15 heavy (non-hydrogen) atoms. The highest BCUT2D eigenvalue weighted by Gasteiger charge is 2.06. The van der Waals surface area contributed by atoms with Gasteiger partial charge in [0.1, 0.15) is 11.6 Å². The fraction of sp³-hybridized carbons (Fsp3) is 0.0833. The van der Waals surface area contributed by atoms with Gasteiger partial charge in [-0.15, -0.1) is 0 Å². The Kier molecular flexibility index (Phi) is 2.26. The topological polar surface area (TPSA) is 33.0 Å². The van der Waals surface area contributed by atoms with Crippen LogP contribution >= 0.6 is 0 Å². The zero-order valence-electron chi connectivity index (χ0n) is 8.12. The summed E-state index contributed by atoms with van der Waals surface area (Å²) in [5, 5.41) is 9.80. The summed E-state index contributed by atoms with van der Waals surface area (Å²) in [5.41, 5.74) is 0.439. The molecule has 74 valence electrons. The fourth-order valence-electron chi connectivity index (χ4n) is 1.53. The molecule has 0 atom stereocenters. The molecule has 0 N–H and O–H groups in total. The van der Waals surface area contributed by atoms with E-state index in [0.29, 0.717) is 22.1 Å². The van der Waals surface area contributed by atoms with Crippen LogP contribution in [0.25, 0.3) is 10.8 Å². The minimum atomic E-state index is -0.345. The number of hydrogen-bond acceptors (Lipinski definition) is 2. The maximum absolute atomic E-state index is 13.5. The van der Waals surface area contributed by atoms with Crippen LogP contribution in [0.3, 0.4) is 0 Å². The Morgan fingerprint density at radius 2 is 2.00 bits per heavy atom. The molecule has 0 radical (unpaired) electrons. The predicted octanol–water partition coefficient (Wildman–Crippen LogP) is 2.86. The van der Waals surface area contributed by atoms with Gasteiger partial charge in [0.2, 0.25) is 0 Å². The van der Waals surface area contributed by atoms with Gasteiger partial charge in [0.15, 0.2) is 0 Å². The molecule has 2 rings (SSSR count). The largest absolute Gasteiger partial charge is 0.496 e. The molecule has 0 unspecified atom stereocenters. The maximum Gasteiger partial charge on any atom is 0.131 e. The Bertz CT molecular complexity index is 557. The molecule has 0 bridgehead atoms. The summed E-state index contributed by atoms with van der Waals surface area (Å²) in [5.74, 6) is 0.263. The highest BCUT2D eigenvalue weighted by atomic mass is 19.1. The predicted molar refractivity (Wildman–Crippen MR) is 55.2 cm³/mol. The second-order valence-electron chi connectivity index (χ2n) is 3.12. The van der Waals surface area contributed by atoms with E-state index in [0.717, 1.165) is 0 Å². The van der Waals surface area contributed by atoms with E-state index >= 15 is 0 Å². The fourth-order valence-corrected chi connectivity index (χ4v) is 1.53. The second-order valence-corrected chi connectivity index (χ2v) is 3.12. The van der Waals surface area contributed by atoms with Gasteiger partial charge in [-0.2, -0.15) is 5.26 Å². The van der Waals surface area contributed by atoms with Gasteiger partial charge >= 0.3 is 0 Å². The lowest BCUT2D eigenvalue weighted by Gasteiger charge is -2.05. The van der Waals surface area contributed by atoms with Gasteiger partial charge in [-0.25, -0.2) is 4.39 Å². The van der Waals surface area contributed by atoms with Gasteiger partial charge in [0.25, 0.3) is 0 Å². The molecule has 0 aliphatic heterocycles. The molecular weight excluding hydrogens is 193 g/mol. The molecule has 0 heterocycles. The van der Waals surface area contributed by atoms with Gasteiger partial charge in [-0.1, -0.05) is 0 Å². The molecule has 0 saturated heterocycles. The molecule has 0 aliphatic carbocycles. The first-order valence-corrected chi connectivity index (χ1v) is 4.42. The van der Waals surface area contributed by atoms with Crippen molar-refractivity contribution in [2.45, 2.75) is 0 Å². The summed E-state index contributed by atoms with van der Waals surface area (Å²) in [4.78, 5) is 0. The quantitative estimate of drug-likeness (QED) is 0.710. The number of nitriles is 1. The summed E-state index contributed by atoms with van der Waals surface area (Å²) in [6.07, 6.45) is 0. The van der Waals surface area contributed by atoms with Crippen molar-refractivity contribution in [2.75, 3.05) is 7.11 Å². The summed E-state index contributed by atoms with van der Waals surface area (Å²) in [6, 6.07) is 9.74. The molecule has 0 amide bonds. The first-order valence-electron chi connectivity index (χ1n) is 4.42. The van der Waals surface area contributed by atoms with E-state index in [4.69, 9.17) is 10.00 Å². The smallest absolute Gasteiger partial charge is 0.131 e. The number of halogens is 1. The van der Waals surface area contributed by atoms with Crippen LogP contribution in [0.15, 0.2) is 30.3 Å². The lowest BCUT2D eigenvalue weighted by molar-refractivity contribution is 0.419. The van der Waals surface area contributed by atoms with Crippen molar-refractivity contribution in [1.82, 2.24) is 0 Å². The first-order chi connectivity index (χ1) is 7.26. The van der Waals surface area contributed by atoms with Gasteiger partial charge in [-0.05, 0) is 30.3 Å². The van der Waals surface area contributed by atoms with Crippen LogP contribution in [-0.2, 0) is 0 Å². The van der Waals surface area contributed by atoms with E-state index in [1.165, 1.54) is 19.2 Å². The van der Waals surface area contributed by atoms with Crippen molar-refractivity contribution in [1.29, 1.82) is 5.26 Å². The maximum atomic E-state index is 13.5. The van der Waals surface area contributed by atoms with Crippen molar-refractivity contribution in [2.24, 2.45) is 0 Å². The molecule has 3 heteroatoms. The Morgan fingerprint density at radius 1 is 1.20 bits per heavy atom. The lowest BCUT2D eigenvalue weighted by atomic mass is 10.1. The van der Waals surface area contributed by atoms with E-state index < -0.39 is 0 Å². The number of nitrogens with zero attached hydrogens (tertiary/aromatic N) is 1. The third-order valence-corrected chi connectivity index (χ3v) is 2.27. The highest BCUT2D eigenvalue weighted by Crippen LogP contribution is 2.28. The molecule has 0 saturated carbocycles. The summed E-state index contributed by atoms with van der Waals surface area (Å²) < 4.78 is 18.6. The van der Waals surface area contributed by atoms with E-state index in [-0.39, 0.29) is 5.82 Å². The molecule has 0 aliphatic rings. The van der Waals surface area contributed by atoms with Crippen molar-refractivity contribution in [3.63, 3.8) is 0 Å². The molecule has 2 aromatic rings. The van der Waals surface area contributed by atoms with Crippen LogP contribution in [0.4, 0.5) is 4.39 Å². The third-order valence-electron chi connectivity index (χ3n) is 2.27. The SMILES string of the molecule is COc1ccc(F)c2cc(C#N)ccc12. The number of ether oxygens (including phenoxy) is 1. The van der Waals surface area contributed by atoms with Gasteiger partial charge in [-0.3, -0.25) is 0 Å². The van der Waals surface area contributed by atoms with E-state index in [2.05, 4.69) is 0 Å². The Morgan fingerprint density at radius 3 is 2.67 bits per heavy atom. The molecule has 0 spiro atoms.